The molecule has 0 aliphatic rings. The van der Waals surface area contributed by atoms with Gasteiger partial charge in [-0.15, -0.1) is 0 Å². The molecule has 0 aliphatic heterocycles. The van der Waals surface area contributed by atoms with Gasteiger partial charge in [-0.2, -0.15) is 4.57 Å². The van der Waals surface area contributed by atoms with Crippen LogP contribution in [0.2, 0.25) is 0 Å². The monoisotopic (exact) mass is 380 g/mol. The Bertz CT molecular complexity index is 647. The van der Waals surface area contributed by atoms with E-state index in [0.29, 0.717) is 6.04 Å². The third kappa shape index (κ3) is 7.08. The van der Waals surface area contributed by atoms with Gasteiger partial charge in [0, 0.05) is 24.1 Å². The van der Waals surface area contributed by atoms with E-state index in [9.17, 15) is 0 Å². The van der Waals surface area contributed by atoms with Crippen molar-refractivity contribution < 1.29 is 4.57 Å². The molecule has 1 atom stereocenters. The van der Waals surface area contributed by atoms with Crippen molar-refractivity contribution in [2.75, 3.05) is 0 Å². The third-order valence-electron chi connectivity index (χ3n) is 5.93. The number of nitrogens with zero attached hydrogens (tertiary/aromatic N) is 1. The van der Waals surface area contributed by atoms with Crippen LogP contribution in [0.4, 0.5) is 0 Å². The summed E-state index contributed by atoms with van der Waals surface area (Å²) in [6.07, 6.45) is 20.0. The average Bonchev–Trinajstić information content (AvgIpc) is 2.73. The summed E-state index contributed by atoms with van der Waals surface area (Å²) < 4.78 is 2.45. The largest absolute Gasteiger partial charge is 0.198 e. The molecule has 2 aromatic rings. The molecule has 0 amide bonds. The van der Waals surface area contributed by atoms with Crippen molar-refractivity contribution in [3.8, 4) is 0 Å². The van der Waals surface area contributed by atoms with Crippen LogP contribution < -0.4 is 4.57 Å². The van der Waals surface area contributed by atoms with E-state index in [4.69, 9.17) is 0 Å². The van der Waals surface area contributed by atoms with Gasteiger partial charge < -0.3 is 0 Å². The van der Waals surface area contributed by atoms with Gasteiger partial charge in [-0.3, -0.25) is 0 Å². The molecule has 0 saturated heterocycles. The molecule has 1 nitrogen and oxygen atoms in total. The molecule has 28 heavy (non-hydrogen) atoms. The Balaban J connectivity index is 2.36. The lowest BCUT2D eigenvalue weighted by Gasteiger charge is -2.20. The number of hydrogen-bond donors (Lipinski definition) is 0. The van der Waals surface area contributed by atoms with Crippen LogP contribution in [0.5, 0.6) is 0 Å². The fourth-order valence-electron chi connectivity index (χ4n) is 4.30. The van der Waals surface area contributed by atoms with Gasteiger partial charge >= 0.3 is 0 Å². The summed E-state index contributed by atoms with van der Waals surface area (Å²) in [6, 6.07) is 14.1. The minimum absolute atomic E-state index is 0.468. The quantitative estimate of drug-likeness (QED) is 0.234. The molecule has 154 valence electrons. The predicted molar refractivity (Wildman–Crippen MR) is 122 cm³/mol. The van der Waals surface area contributed by atoms with Gasteiger partial charge in [0.25, 0.3) is 0 Å². The summed E-state index contributed by atoms with van der Waals surface area (Å²) in [4.78, 5) is 0. The van der Waals surface area contributed by atoms with Crippen LogP contribution in [-0.2, 0) is 12.8 Å². The van der Waals surface area contributed by atoms with Crippen LogP contribution in [0.3, 0.4) is 0 Å². The Labute approximate surface area is 174 Å². The first-order valence-corrected chi connectivity index (χ1v) is 11.9. The van der Waals surface area contributed by atoms with Crippen LogP contribution in [-0.4, -0.2) is 0 Å². The molecule has 0 spiro atoms. The average molecular weight is 381 g/mol. The fraction of sp³-hybridized carbons (Fsp3) is 0.593. The highest BCUT2D eigenvalue weighted by Crippen LogP contribution is 2.28. The number of benzene rings is 1. The van der Waals surface area contributed by atoms with Crippen molar-refractivity contribution in [1.82, 2.24) is 0 Å². The van der Waals surface area contributed by atoms with Gasteiger partial charge in [0.2, 0.25) is 0 Å². The number of unbranched alkanes of at least 4 members (excludes halogenated alkanes) is 6. The first-order chi connectivity index (χ1) is 13.8. The van der Waals surface area contributed by atoms with Crippen molar-refractivity contribution in [3.63, 3.8) is 0 Å². The van der Waals surface area contributed by atoms with Gasteiger partial charge in [-0.25, -0.2) is 0 Å². The van der Waals surface area contributed by atoms with E-state index >= 15 is 0 Å². The summed E-state index contributed by atoms with van der Waals surface area (Å²) in [5.74, 6) is 0. The molecular weight excluding hydrogens is 338 g/mol. The molecule has 1 aromatic heterocycles. The molecule has 0 bridgehead atoms. The predicted octanol–water partition coefficient (Wildman–Crippen LogP) is 7.61. The maximum Gasteiger partial charge on any atom is 0.183 e. The maximum atomic E-state index is 2.45. The Morgan fingerprint density at radius 1 is 0.679 bits per heavy atom. The zero-order valence-corrected chi connectivity index (χ0v) is 18.6. The van der Waals surface area contributed by atoms with Crippen molar-refractivity contribution in [3.05, 3.63) is 65.5 Å². The zero-order chi connectivity index (χ0) is 20.0. The minimum Gasteiger partial charge on any atom is -0.198 e. The van der Waals surface area contributed by atoms with Crippen molar-refractivity contribution in [2.45, 2.75) is 104 Å². The van der Waals surface area contributed by atoms with Gasteiger partial charge in [-0.1, -0.05) is 83.6 Å². The van der Waals surface area contributed by atoms with Crippen LogP contribution in [0.25, 0.3) is 0 Å². The zero-order valence-electron chi connectivity index (χ0n) is 18.6. The molecule has 0 saturated carbocycles. The molecule has 2 rings (SSSR count). The van der Waals surface area contributed by atoms with Gasteiger partial charge in [-0.05, 0) is 43.2 Å². The molecule has 0 aliphatic carbocycles. The van der Waals surface area contributed by atoms with E-state index in [1.165, 1.54) is 77.0 Å². The lowest BCUT2D eigenvalue weighted by Crippen LogP contribution is -2.40. The van der Waals surface area contributed by atoms with Gasteiger partial charge in [0.15, 0.2) is 18.4 Å². The van der Waals surface area contributed by atoms with Gasteiger partial charge in [0.1, 0.15) is 0 Å². The summed E-state index contributed by atoms with van der Waals surface area (Å²) in [7, 11) is 0. The third-order valence-corrected chi connectivity index (χ3v) is 5.93. The molecule has 1 heteroatoms. The number of aromatic nitrogens is 1. The Morgan fingerprint density at radius 3 is 2.00 bits per heavy atom. The topological polar surface area (TPSA) is 3.88 Å². The van der Waals surface area contributed by atoms with E-state index in [1.807, 2.05) is 0 Å². The van der Waals surface area contributed by atoms with Crippen LogP contribution in [0.1, 0.15) is 108 Å². The molecule has 1 unspecified atom stereocenters. The first kappa shape index (κ1) is 22.7. The first-order valence-electron chi connectivity index (χ1n) is 11.9. The lowest BCUT2D eigenvalue weighted by atomic mass is 9.87. The number of pyridine rings is 1. The Kier molecular flexibility index (Phi) is 10.9. The minimum atomic E-state index is 0.468. The standard InChI is InChI=1S/C27H42N/c1-4-7-11-17-24-18-16-20-26(25(24)19-12-8-5-2)27(21-13-9-6-3)28-22-14-10-15-23-28/h10,14-16,18,20,22-23,27H,4-9,11-13,17,19,21H2,1-3H3/q+1. The highest BCUT2D eigenvalue weighted by molar-refractivity contribution is 5.37. The van der Waals surface area contributed by atoms with E-state index in [-0.39, 0.29) is 0 Å². The summed E-state index contributed by atoms with van der Waals surface area (Å²) >= 11 is 0. The van der Waals surface area contributed by atoms with E-state index in [1.54, 1.807) is 16.7 Å². The normalized spacial score (nSPS) is 12.2. The van der Waals surface area contributed by atoms with Gasteiger partial charge in [0.05, 0.1) is 0 Å². The Hall–Kier alpha value is -1.63. The number of aryl methyl sites for hydroxylation is 1. The maximum absolute atomic E-state index is 2.45. The number of hydrogen-bond acceptors (Lipinski definition) is 0. The molecule has 0 fully saturated rings. The molecular formula is C27H42N+. The number of rotatable bonds is 14. The van der Waals surface area contributed by atoms with Crippen molar-refractivity contribution in [1.29, 1.82) is 0 Å². The molecule has 1 heterocycles. The second-order valence-corrected chi connectivity index (χ2v) is 8.23. The molecule has 1 aromatic carbocycles. The van der Waals surface area contributed by atoms with Crippen LogP contribution in [0.15, 0.2) is 48.8 Å². The fourth-order valence-corrected chi connectivity index (χ4v) is 4.30. The van der Waals surface area contributed by atoms with Crippen molar-refractivity contribution in [2.24, 2.45) is 0 Å². The Morgan fingerprint density at radius 2 is 1.32 bits per heavy atom. The van der Waals surface area contributed by atoms with E-state index < -0.39 is 0 Å². The second kappa shape index (κ2) is 13.5. The summed E-state index contributed by atoms with van der Waals surface area (Å²) in [6.45, 7) is 6.91. The summed E-state index contributed by atoms with van der Waals surface area (Å²) in [5, 5.41) is 0. The SMILES string of the molecule is CCCCCc1cccc(C(CCCCC)[n+]2ccccc2)c1CCCCC. The second-order valence-electron chi connectivity index (χ2n) is 8.23. The molecule has 0 radical (unpaired) electrons. The van der Waals surface area contributed by atoms with E-state index in [0.717, 1.165) is 0 Å². The summed E-state index contributed by atoms with van der Waals surface area (Å²) in [5.41, 5.74) is 4.85. The van der Waals surface area contributed by atoms with Crippen molar-refractivity contribution >= 4 is 0 Å². The van der Waals surface area contributed by atoms with Crippen LogP contribution >= 0.6 is 0 Å². The van der Waals surface area contributed by atoms with E-state index in [2.05, 4.69) is 74.1 Å². The molecule has 0 N–H and O–H groups in total. The smallest absolute Gasteiger partial charge is 0.183 e. The van der Waals surface area contributed by atoms with Crippen LogP contribution in [0, 0.1) is 0 Å². The lowest BCUT2D eigenvalue weighted by molar-refractivity contribution is -0.714. The highest BCUT2D eigenvalue weighted by atomic mass is 15.0. The highest BCUT2D eigenvalue weighted by Gasteiger charge is 2.24.